The molecule has 0 aliphatic carbocycles. The maximum absolute atomic E-state index is 13.4. The van der Waals surface area contributed by atoms with Gasteiger partial charge >= 0.3 is 0 Å². The second kappa shape index (κ2) is 12.2. The van der Waals surface area contributed by atoms with E-state index in [0.29, 0.717) is 44.2 Å². The number of amides is 1. The van der Waals surface area contributed by atoms with Crippen LogP contribution >= 0.6 is 15.9 Å². The van der Waals surface area contributed by atoms with Gasteiger partial charge in [-0.1, -0.05) is 28.1 Å². The van der Waals surface area contributed by atoms with Gasteiger partial charge in [0.05, 0.1) is 6.61 Å². The highest BCUT2D eigenvalue weighted by molar-refractivity contribution is 9.10. The summed E-state index contributed by atoms with van der Waals surface area (Å²) >= 11 is 3.46. The van der Waals surface area contributed by atoms with Crippen molar-refractivity contribution in [3.8, 4) is 5.75 Å². The standard InChI is InChI=1S/C25H31BrN2O5/c1-18-25(24(30)27-13-3-15-31-2,17-19-5-9-21(26)10-6-19)28-23(33-18)20-7-11-22(12-8-20)32-16-4-14-29/h5-12,18,29H,3-4,13-17H2,1-2H3,(H,27,30)/t18-,25-/m1/s1. The quantitative estimate of drug-likeness (QED) is 0.419. The smallest absolute Gasteiger partial charge is 0.252 e. The van der Waals surface area contributed by atoms with Crippen molar-refractivity contribution >= 4 is 27.7 Å². The summed E-state index contributed by atoms with van der Waals surface area (Å²) in [4.78, 5) is 18.3. The lowest BCUT2D eigenvalue weighted by molar-refractivity contribution is -0.128. The van der Waals surface area contributed by atoms with Gasteiger partial charge in [-0.25, -0.2) is 4.99 Å². The summed E-state index contributed by atoms with van der Waals surface area (Å²) in [7, 11) is 1.64. The number of benzene rings is 2. The van der Waals surface area contributed by atoms with Crippen LogP contribution in [0.4, 0.5) is 0 Å². The number of hydrogen-bond donors (Lipinski definition) is 2. The molecule has 0 saturated heterocycles. The lowest BCUT2D eigenvalue weighted by atomic mass is 9.86. The van der Waals surface area contributed by atoms with Crippen molar-refractivity contribution in [3.63, 3.8) is 0 Å². The molecule has 7 nitrogen and oxygen atoms in total. The Labute approximate surface area is 203 Å². The molecule has 2 N–H and O–H groups in total. The van der Waals surface area contributed by atoms with Gasteiger partial charge in [-0.3, -0.25) is 4.79 Å². The molecular weight excluding hydrogens is 488 g/mol. The molecule has 2 aromatic rings. The van der Waals surface area contributed by atoms with Gasteiger partial charge < -0.3 is 24.6 Å². The summed E-state index contributed by atoms with van der Waals surface area (Å²) in [6, 6.07) is 15.3. The summed E-state index contributed by atoms with van der Waals surface area (Å²) in [6.07, 6.45) is 1.27. The molecule has 0 unspecified atom stereocenters. The highest BCUT2D eigenvalue weighted by atomic mass is 79.9. The second-order valence-corrected chi connectivity index (χ2v) is 8.87. The van der Waals surface area contributed by atoms with Crippen molar-refractivity contribution in [1.29, 1.82) is 0 Å². The van der Waals surface area contributed by atoms with Crippen LogP contribution in [0.15, 0.2) is 58.0 Å². The molecule has 2 atom stereocenters. The van der Waals surface area contributed by atoms with Gasteiger partial charge in [-0.05, 0) is 55.3 Å². The van der Waals surface area contributed by atoms with Crippen LogP contribution in [0.25, 0.3) is 0 Å². The number of nitrogens with zero attached hydrogens (tertiary/aromatic N) is 1. The third-order valence-corrected chi connectivity index (χ3v) is 6.05. The Balaban J connectivity index is 1.84. The number of aliphatic hydroxyl groups is 1. The van der Waals surface area contributed by atoms with Crippen molar-refractivity contribution in [1.82, 2.24) is 5.32 Å². The number of carbonyl (C=O) groups excluding carboxylic acids is 1. The van der Waals surface area contributed by atoms with E-state index < -0.39 is 11.6 Å². The van der Waals surface area contributed by atoms with E-state index in [1.54, 1.807) is 7.11 Å². The predicted molar refractivity (Wildman–Crippen MR) is 131 cm³/mol. The highest BCUT2D eigenvalue weighted by Crippen LogP contribution is 2.33. The Bertz CT molecular complexity index is 933. The van der Waals surface area contributed by atoms with Gasteiger partial charge in [0.15, 0.2) is 5.54 Å². The molecule has 1 heterocycles. The first kappa shape index (κ1) is 25.2. The molecule has 8 heteroatoms. The van der Waals surface area contributed by atoms with E-state index in [1.165, 1.54) is 0 Å². The topological polar surface area (TPSA) is 89.4 Å². The normalized spacial score (nSPS) is 19.6. The van der Waals surface area contributed by atoms with Crippen LogP contribution in [0.3, 0.4) is 0 Å². The number of rotatable bonds is 12. The summed E-state index contributed by atoms with van der Waals surface area (Å²) in [5, 5.41) is 11.9. The van der Waals surface area contributed by atoms with E-state index in [2.05, 4.69) is 21.2 Å². The van der Waals surface area contributed by atoms with Gasteiger partial charge in [0.25, 0.3) is 5.91 Å². The maximum Gasteiger partial charge on any atom is 0.252 e. The molecule has 178 valence electrons. The SMILES string of the molecule is COCCCNC(=O)[C@]1(Cc2ccc(Br)cc2)N=C(c2ccc(OCCCO)cc2)O[C@@H]1C. The van der Waals surface area contributed by atoms with E-state index >= 15 is 0 Å². The third-order valence-electron chi connectivity index (χ3n) is 5.53. The molecule has 0 saturated carbocycles. The molecule has 2 aromatic carbocycles. The lowest BCUT2D eigenvalue weighted by Crippen LogP contribution is -2.52. The first-order chi connectivity index (χ1) is 16.0. The van der Waals surface area contributed by atoms with Crippen molar-refractivity contribution in [3.05, 3.63) is 64.1 Å². The number of carbonyl (C=O) groups is 1. The minimum absolute atomic E-state index is 0.0919. The minimum Gasteiger partial charge on any atom is -0.494 e. The fraction of sp³-hybridized carbons (Fsp3) is 0.440. The Hall–Kier alpha value is -2.42. The molecule has 33 heavy (non-hydrogen) atoms. The summed E-state index contributed by atoms with van der Waals surface area (Å²) < 4.78 is 17.8. The zero-order valence-corrected chi connectivity index (χ0v) is 20.6. The molecule has 3 rings (SSSR count). The van der Waals surface area contributed by atoms with Crippen LogP contribution in [0, 0.1) is 0 Å². The zero-order valence-electron chi connectivity index (χ0n) is 19.1. The molecule has 0 bridgehead atoms. The van der Waals surface area contributed by atoms with Crippen LogP contribution in [0.2, 0.25) is 0 Å². The van der Waals surface area contributed by atoms with Crippen LogP contribution in [-0.4, -0.2) is 62.0 Å². The van der Waals surface area contributed by atoms with Gasteiger partial charge in [-0.2, -0.15) is 0 Å². The second-order valence-electron chi connectivity index (χ2n) is 7.96. The van der Waals surface area contributed by atoms with Gasteiger partial charge in [0.2, 0.25) is 5.90 Å². The average molecular weight is 519 g/mol. The number of methoxy groups -OCH3 is 1. The molecule has 0 fully saturated rings. The Kier molecular flexibility index (Phi) is 9.29. The Morgan fingerprint density at radius 3 is 2.55 bits per heavy atom. The first-order valence-corrected chi connectivity index (χ1v) is 11.9. The van der Waals surface area contributed by atoms with Crippen molar-refractivity contribution in [2.75, 3.05) is 33.5 Å². The largest absolute Gasteiger partial charge is 0.494 e. The molecule has 0 radical (unpaired) electrons. The summed E-state index contributed by atoms with van der Waals surface area (Å²) in [6.45, 7) is 3.51. The lowest BCUT2D eigenvalue weighted by Gasteiger charge is -2.28. The Morgan fingerprint density at radius 2 is 1.88 bits per heavy atom. The van der Waals surface area contributed by atoms with Gasteiger partial charge in [0, 0.05) is 49.7 Å². The minimum atomic E-state index is -1.08. The average Bonchev–Trinajstić information content (AvgIpc) is 3.16. The van der Waals surface area contributed by atoms with Crippen LogP contribution in [0.5, 0.6) is 5.75 Å². The fourth-order valence-corrected chi connectivity index (χ4v) is 3.89. The summed E-state index contributed by atoms with van der Waals surface area (Å²) in [5.41, 5.74) is 0.701. The van der Waals surface area contributed by atoms with Gasteiger partial charge in [-0.15, -0.1) is 0 Å². The van der Waals surface area contributed by atoms with Crippen LogP contribution in [0.1, 0.15) is 30.9 Å². The third kappa shape index (κ3) is 6.56. The molecule has 1 aliphatic heterocycles. The van der Waals surface area contributed by atoms with E-state index in [0.717, 1.165) is 22.0 Å². The van der Waals surface area contributed by atoms with Crippen molar-refractivity contribution < 1.29 is 24.1 Å². The maximum atomic E-state index is 13.4. The highest BCUT2D eigenvalue weighted by Gasteiger charge is 2.50. The van der Waals surface area contributed by atoms with E-state index in [4.69, 9.17) is 24.3 Å². The zero-order chi connectivity index (χ0) is 23.7. The molecule has 0 spiro atoms. The van der Waals surface area contributed by atoms with Gasteiger partial charge in [0.1, 0.15) is 11.9 Å². The molecular formula is C25H31BrN2O5. The molecule has 1 aliphatic rings. The predicted octanol–water partition coefficient (Wildman–Crippen LogP) is 3.51. The van der Waals surface area contributed by atoms with Crippen LogP contribution < -0.4 is 10.1 Å². The number of nitrogens with one attached hydrogen (secondary N) is 1. The monoisotopic (exact) mass is 518 g/mol. The van der Waals surface area contributed by atoms with E-state index in [-0.39, 0.29) is 12.5 Å². The Morgan fingerprint density at radius 1 is 1.15 bits per heavy atom. The number of ether oxygens (including phenoxy) is 3. The van der Waals surface area contributed by atoms with Crippen LogP contribution in [-0.2, 0) is 20.7 Å². The number of halogens is 1. The first-order valence-electron chi connectivity index (χ1n) is 11.1. The number of aliphatic imine (C=N–C) groups is 1. The van der Waals surface area contributed by atoms with Crippen molar-refractivity contribution in [2.24, 2.45) is 4.99 Å². The van der Waals surface area contributed by atoms with Crippen molar-refractivity contribution in [2.45, 2.75) is 37.8 Å². The summed E-state index contributed by atoms with van der Waals surface area (Å²) in [5.74, 6) is 0.984. The number of aliphatic hydroxyl groups excluding tert-OH is 1. The molecule has 0 aromatic heterocycles. The number of hydrogen-bond acceptors (Lipinski definition) is 6. The molecule has 1 amide bonds. The van der Waals surface area contributed by atoms with E-state index in [1.807, 2.05) is 55.5 Å². The fourth-order valence-electron chi connectivity index (χ4n) is 3.63. The van der Waals surface area contributed by atoms with E-state index in [9.17, 15) is 4.79 Å².